The first-order chi connectivity index (χ1) is 12.0. The molecule has 0 aromatic rings. The number of hydrogen-bond acceptors (Lipinski definition) is 0. The molecule has 0 aromatic heterocycles. The van der Waals surface area contributed by atoms with Gasteiger partial charge in [-0.05, 0) is 26.7 Å². The maximum Gasteiger partial charge on any atom is 3.00 e. The van der Waals surface area contributed by atoms with Crippen molar-refractivity contribution < 1.29 is 46.5 Å². The third-order valence-electron chi connectivity index (χ3n) is 5.39. The summed E-state index contributed by atoms with van der Waals surface area (Å²) in [5.74, 6) is 0.545. The Morgan fingerprint density at radius 2 is 1.14 bits per heavy atom. The molecule has 0 amide bonds. The summed E-state index contributed by atoms with van der Waals surface area (Å²) in [6, 6.07) is 0. The number of hydrogen-bond donors (Lipinski definition) is 0. The van der Waals surface area contributed by atoms with Crippen LogP contribution in [0.3, 0.4) is 0 Å². The molecule has 1 aliphatic rings. The Kier molecular flexibility index (Phi) is 31.1. The van der Waals surface area contributed by atoms with Gasteiger partial charge in [0.05, 0.1) is 0 Å². The van der Waals surface area contributed by atoms with Crippen LogP contribution >= 0.6 is 0 Å². The van der Waals surface area contributed by atoms with Crippen molar-refractivity contribution in [2.24, 2.45) is 5.92 Å². The first-order valence-electron chi connectivity index (χ1n) is 10.8. The fourth-order valence-electron chi connectivity index (χ4n) is 3.40. The molecule has 1 aliphatic carbocycles. The Morgan fingerprint density at radius 1 is 0.750 bits per heavy atom. The zero-order valence-electron chi connectivity index (χ0n) is 19.6. The molecular weight excluding hydrogens is 437 g/mol. The van der Waals surface area contributed by atoms with Crippen LogP contribution in [0.25, 0.3) is 5.32 Å². The van der Waals surface area contributed by atoms with Crippen LogP contribution in [0.4, 0.5) is 0 Å². The number of allylic oxidation sites excluding steroid dienone is 3. The van der Waals surface area contributed by atoms with Gasteiger partial charge in [0, 0.05) is 9.52 Å². The standard InChI is InChI=1S/C21H38N.C2H7Si.2ClH.Ti/c1-6-7-8-9-10-11-12-13-14-15-16-22-21-19(4)17(2)18(3)20(21)5;1-3-2;;;/h19H,6-16H2,1-5H3;3H,1-2H3;2*1H;/q-1;;;;+3/p-2. The second-order valence-electron chi connectivity index (χ2n) is 7.68. The molecule has 1 unspecified atom stereocenters. The normalized spacial score (nSPS) is 15.2. The van der Waals surface area contributed by atoms with Gasteiger partial charge in [-0.15, -0.1) is 6.54 Å². The minimum Gasteiger partial charge on any atom is -1.00 e. The Bertz CT molecular complexity index is 411. The first-order valence-corrected chi connectivity index (χ1v) is 13.1. The molecule has 0 heterocycles. The van der Waals surface area contributed by atoms with Crippen molar-refractivity contribution in [3.05, 3.63) is 27.7 Å². The van der Waals surface area contributed by atoms with E-state index in [0.717, 1.165) is 16.1 Å². The Labute approximate surface area is 207 Å². The Balaban J connectivity index is -0.000000450. The summed E-state index contributed by atoms with van der Waals surface area (Å²) in [5.41, 5.74) is 5.76. The van der Waals surface area contributed by atoms with E-state index in [-0.39, 0.29) is 46.5 Å². The van der Waals surface area contributed by atoms with Crippen LogP contribution in [0.15, 0.2) is 22.4 Å². The van der Waals surface area contributed by atoms with E-state index in [1.165, 1.54) is 86.6 Å². The van der Waals surface area contributed by atoms with Crippen molar-refractivity contribution in [2.75, 3.05) is 6.54 Å². The number of nitrogens with zero attached hydrogens (tertiary/aromatic N) is 1. The SMILES string of the molecule is CCCCCCCCCCCC[N-]C1=C(C)C(C)=C(C)C1C.C[SiH]C.[Cl-].[Cl-].[Ti+3]. The average Bonchev–Trinajstić information content (AvgIpc) is 2.77. The van der Waals surface area contributed by atoms with E-state index in [4.69, 9.17) is 5.32 Å². The molecule has 1 rings (SSSR count). The maximum atomic E-state index is 4.89. The van der Waals surface area contributed by atoms with Gasteiger partial charge in [0.2, 0.25) is 0 Å². The number of rotatable bonds is 12. The molecule has 0 bridgehead atoms. The second kappa shape index (κ2) is 24.1. The van der Waals surface area contributed by atoms with E-state index in [2.05, 4.69) is 47.7 Å². The van der Waals surface area contributed by atoms with E-state index < -0.39 is 0 Å². The molecule has 2 radical (unpaired) electrons. The van der Waals surface area contributed by atoms with Crippen molar-refractivity contribution in [1.29, 1.82) is 0 Å². The van der Waals surface area contributed by atoms with Gasteiger partial charge in [-0.25, -0.2) is 0 Å². The molecular formula is C23H45Cl2NSiTi. The molecule has 1 nitrogen and oxygen atoms in total. The zero-order chi connectivity index (χ0) is 19.1. The van der Waals surface area contributed by atoms with Gasteiger partial charge in [0.15, 0.2) is 0 Å². The summed E-state index contributed by atoms with van der Waals surface area (Å²) >= 11 is 0. The summed E-state index contributed by atoms with van der Waals surface area (Å²) < 4.78 is 0. The third kappa shape index (κ3) is 15.6. The second-order valence-corrected chi connectivity index (χ2v) is 8.84. The third-order valence-corrected chi connectivity index (χ3v) is 5.39. The summed E-state index contributed by atoms with van der Waals surface area (Å²) in [5, 5.41) is 4.89. The fourth-order valence-corrected chi connectivity index (χ4v) is 3.40. The van der Waals surface area contributed by atoms with Gasteiger partial charge in [0.25, 0.3) is 0 Å². The van der Waals surface area contributed by atoms with Gasteiger partial charge < -0.3 is 30.1 Å². The summed E-state index contributed by atoms with van der Waals surface area (Å²) in [4.78, 5) is 0. The molecule has 0 fully saturated rings. The van der Waals surface area contributed by atoms with Gasteiger partial charge in [-0.1, -0.05) is 108 Å². The van der Waals surface area contributed by atoms with Crippen LogP contribution in [0, 0.1) is 5.92 Å². The molecule has 5 heteroatoms. The minimum absolute atomic E-state index is 0. The molecule has 28 heavy (non-hydrogen) atoms. The average molecular weight is 482 g/mol. The largest absolute Gasteiger partial charge is 3.00 e. The van der Waals surface area contributed by atoms with E-state index in [1.54, 1.807) is 0 Å². The monoisotopic (exact) mass is 481 g/mol. The van der Waals surface area contributed by atoms with Gasteiger partial charge in [-0.2, -0.15) is 5.70 Å². The van der Waals surface area contributed by atoms with Crippen molar-refractivity contribution in [2.45, 2.75) is 112 Å². The quantitative estimate of drug-likeness (QED) is 0.299. The minimum atomic E-state index is 0. The van der Waals surface area contributed by atoms with E-state index in [9.17, 15) is 0 Å². The van der Waals surface area contributed by atoms with Crippen LogP contribution in [-0.2, 0) is 21.7 Å². The predicted octanol–water partition coefficient (Wildman–Crippen LogP) is 2.07. The van der Waals surface area contributed by atoms with Gasteiger partial charge in [0.1, 0.15) is 0 Å². The number of halogens is 2. The molecule has 0 aliphatic heterocycles. The molecule has 1 atom stereocenters. The topological polar surface area (TPSA) is 14.1 Å². The maximum absolute atomic E-state index is 4.89. The Hall–Kier alpha value is 0.791. The molecule has 0 aromatic carbocycles. The summed E-state index contributed by atoms with van der Waals surface area (Å²) in [6.07, 6.45) is 14.0. The fraction of sp³-hybridized carbons (Fsp3) is 0.826. The van der Waals surface area contributed by atoms with E-state index in [1.807, 2.05) is 0 Å². The molecule has 0 N–H and O–H groups in total. The van der Waals surface area contributed by atoms with Gasteiger partial charge in [-0.3, -0.25) is 0 Å². The van der Waals surface area contributed by atoms with Crippen LogP contribution < -0.4 is 24.8 Å². The van der Waals surface area contributed by atoms with Crippen molar-refractivity contribution in [3.63, 3.8) is 0 Å². The van der Waals surface area contributed by atoms with Crippen LogP contribution in [0.1, 0.15) is 98.8 Å². The first kappa shape index (κ1) is 36.2. The predicted molar refractivity (Wildman–Crippen MR) is 119 cm³/mol. The summed E-state index contributed by atoms with van der Waals surface area (Å²) in [6.45, 7) is 16.8. The number of unbranched alkanes of at least 4 members (excludes halogenated alkanes) is 9. The Morgan fingerprint density at radius 3 is 1.50 bits per heavy atom. The molecule has 0 saturated carbocycles. The van der Waals surface area contributed by atoms with Crippen molar-refractivity contribution in [1.82, 2.24) is 0 Å². The molecule has 0 spiro atoms. The summed E-state index contributed by atoms with van der Waals surface area (Å²) in [7, 11) is 0.750. The van der Waals surface area contributed by atoms with Crippen LogP contribution in [-0.4, -0.2) is 16.1 Å². The van der Waals surface area contributed by atoms with Crippen molar-refractivity contribution >= 4 is 9.52 Å². The smallest absolute Gasteiger partial charge is 1.00 e. The van der Waals surface area contributed by atoms with Crippen LogP contribution in [0.5, 0.6) is 0 Å². The van der Waals surface area contributed by atoms with E-state index >= 15 is 0 Å². The molecule has 164 valence electrons. The zero-order valence-corrected chi connectivity index (χ0v) is 23.9. The van der Waals surface area contributed by atoms with Gasteiger partial charge >= 0.3 is 21.7 Å². The van der Waals surface area contributed by atoms with Crippen LogP contribution in [0.2, 0.25) is 13.1 Å². The van der Waals surface area contributed by atoms with Crippen molar-refractivity contribution in [3.8, 4) is 0 Å². The molecule has 0 saturated heterocycles. The van der Waals surface area contributed by atoms with E-state index in [0.29, 0.717) is 5.92 Å².